The largest absolute Gasteiger partial charge is 0.378 e. The summed E-state index contributed by atoms with van der Waals surface area (Å²) in [5, 5.41) is 8.85. The molecule has 23 heavy (non-hydrogen) atoms. The highest BCUT2D eigenvalue weighted by Gasteiger charge is 2.19. The third-order valence-electron chi connectivity index (χ3n) is 3.68. The lowest BCUT2D eigenvalue weighted by atomic mass is 9.93. The Hall–Kier alpha value is -2.08. The van der Waals surface area contributed by atoms with Crippen molar-refractivity contribution in [3.8, 4) is 0 Å². The van der Waals surface area contributed by atoms with Gasteiger partial charge in [-0.3, -0.25) is 0 Å². The molecule has 0 aliphatic rings. The number of aromatic nitrogens is 3. The summed E-state index contributed by atoms with van der Waals surface area (Å²) < 4.78 is 1.86. The molecule has 122 valence electrons. The third kappa shape index (κ3) is 3.47. The highest BCUT2D eigenvalue weighted by molar-refractivity contribution is 7.20. The van der Waals surface area contributed by atoms with Crippen LogP contribution in [-0.2, 0) is 12.0 Å². The van der Waals surface area contributed by atoms with Crippen LogP contribution in [0.3, 0.4) is 0 Å². The second kappa shape index (κ2) is 5.85. The van der Waals surface area contributed by atoms with E-state index in [9.17, 15) is 0 Å². The predicted molar refractivity (Wildman–Crippen MR) is 97.7 cm³/mol. The smallest absolute Gasteiger partial charge is 0.214 e. The van der Waals surface area contributed by atoms with E-state index in [0.29, 0.717) is 0 Å². The molecule has 0 bridgehead atoms. The molecule has 3 aromatic rings. The van der Waals surface area contributed by atoms with Crippen molar-refractivity contribution >= 4 is 27.1 Å². The van der Waals surface area contributed by atoms with Gasteiger partial charge in [-0.2, -0.15) is 0 Å². The summed E-state index contributed by atoms with van der Waals surface area (Å²) in [5.74, 6) is 0. The SMILES string of the molecule is CN(C)c1cccc(CNc2nn3cc(C(C)(C)C)nc3s2)c1. The van der Waals surface area contributed by atoms with E-state index < -0.39 is 0 Å². The summed E-state index contributed by atoms with van der Waals surface area (Å²) in [6.07, 6.45) is 2.02. The van der Waals surface area contributed by atoms with Gasteiger partial charge in [0, 0.05) is 31.7 Å². The Morgan fingerprint density at radius 1 is 1.26 bits per heavy atom. The lowest BCUT2D eigenvalue weighted by Gasteiger charge is -2.14. The second-order valence-corrected chi connectivity index (χ2v) is 7.88. The summed E-state index contributed by atoms with van der Waals surface area (Å²) >= 11 is 1.58. The number of hydrogen-bond acceptors (Lipinski definition) is 5. The number of rotatable bonds is 4. The first-order valence-electron chi connectivity index (χ1n) is 7.70. The van der Waals surface area contributed by atoms with Crippen LogP contribution < -0.4 is 10.2 Å². The fourth-order valence-electron chi connectivity index (χ4n) is 2.26. The zero-order valence-electron chi connectivity index (χ0n) is 14.3. The first kappa shape index (κ1) is 15.8. The van der Waals surface area contributed by atoms with Crippen LogP contribution >= 0.6 is 11.3 Å². The fourth-order valence-corrected chi connectivity index (χ4v) is 3.03. The maximum atomic E-state index is 4.67. The molecular weight excluding hydrogens is 306 g/mol. The molecule has 2 heterocycles. The minimum absolute atomic E-state index is 0.0492. The summed E-state index contributed by atoms with van der Waals surface area (Å²) in [7, 11) is 4.10. The Morgan fingerprint density at radius 2 is 2.04 bits per heavy atom. The van der Waals surface area contributed by atoms with E-state index in [0.717, 1.165) is 22.3 Å². The van der Waals surface area contributed by atoms with Crippen LogP contribution in [0.4, 0.5) is 10.8 Å². The van der Waals surface area contributed by atoms with Gasteiger partial charge >= 0.3 is 0 Å². The Labute approximate surface area is 141 Å². The first-order valence-corrected chi connectivity index (χ1v) is 8.51. The number of imidazole rings is 1. The Balaban J connectivity index is 1.72. The molecule has 0 saturated carbocycles. The number of nitrogens with zero attached hydrogens (tertiary/aromatic N) is 4. The van der Waals surface area contributed by atoms with Crippen molar-refractivity contribution in [1.29, 1.82) is 0 Å². The highest BCUT2D eigenvalue weighted by Crippen LogP contribution is 2.26. The second-order valence-electron chi connectivity index (χ2n) is 6.93. The fraction of sp³-hybridized carbons (Fsp3) is 0.412. The van der Waals surface area contributed by atoms with Crippen LogP contribution in [0.1, 0.15) is 32.0 Å². The van der Waals surface area contributed by atoms with Crippen molar-refractivity contribution in [3.63, 3.8) is 0 Å². The average molecular weight is 329 g/mol. The molecule has 0 aliphatic carbocycles. The van der Waals surface area contributed by atoms with E-state index >= 15 is 0 Å². The molecule has 3 rings (SSSR count). The minimum Gasteiger partial charge on any atom is -0.378 e. The van der Waals surface area contributed by atoms with Gasteiger partial charge < -0.3 is 10.2 Å². The molecule has 0 radical (unpaired) electrons. The van der Waals surface area contributed by atoms with E-state index in [1.807, 2.05) is 10.7 Å². The van der Waals surface area contributed by atoms with E-state index in [1.165, 1.54) is 11.3 Å². The van der Waals surface area contributed by atoms with Crippen LogP contribution in [0, 0.1) is 0 Å². The molecule has 0 atom stereocenters. The van der Waals surface area contributed by atoms with Crippen molar-refractivity contribution < 1.29 is 0 Å². The molecule has 5 nitrogen and oxygen atoms in total. The van der Waals surface area contributed by atoms with Crippen LogP contribution in [0.15, 0.2) is 30.5 Å². The van der Waals surface area contributed by atoms with E-state index in [-0.39, 0.29) is 5.41 Å². The van der Waals surface area contributed by atoms with Crippen molar-refractivity contribution in [2.75, 3.05) is 24.3 Å². The molecule has 0 saturated heterocycles. The standard InChI is InChI=1S/C17H23N5S/c1-17(2,3)14-11-22-16(19-14)23-15(20-22)18-10-12-7-6-8-13(9-12)21(4)5/h6-9,11H,10H2,1-5H3,(H,18,20). The Morgan fingerprint density at radius 3 is 2.70 bits per heavy atom. The molecule has 2 aromatic heterocycles. The van der Waals surface area contributed by atoms with E-state index in [2.05, 4.69) is 79.4 Å². The van der Waals surface area contributed by atoms with Gasteiger partial charge in [0.25, 0.3) is 0 Å². The molecule has 1 N–H and O–H groups in total. The quantitative estimate of drug-likeness (QED) is 0.791. The Kier molecular flexibility index (Phi) is 4.02. The topological polar surface area (TPSA) is 45.5 Å². The monoisotopic (exact) mass is 329 g/mol. The van der Waals surface area contributed by atoms with Gasteiger partial charge in [-0.1, -0.05) is 44.2 Å². The van der Waals surface area contributed by atoms with E-state index in [1.54, 1.807) is 11.3 Å². The van der Waals surface area contributed by atoms with Crippen LogP contribution in [-0.4, -0.2) is 28.7 Å². The average Bonchev–Trinajstić information content (AvgIpc) is 3.03. The normalized spacial score (nSPS) is 11.9. The molecule has 0 spiro atoms. The zero-order valence-corrected chi connectivity index (χ0v) is 15.1. The number of anilines is 2. The summed E-state index contributed by atoms with van der Waals surface area (Å²) in [6, 6.07) is 8.49. The van der Waals surface area contributed by atoms with Crippen molar-refractivity contribution in [2.24, 2.45) is 0 Å². The van der Waals surface area contributed by atoms with Crippen molar-refractivity contribution in [2.45, 2.75) is 32.7 Å². The lowest BCUT2D eigenvalue weighted by molar-refractivity contribution is 0.572. The summed E-state index contributed by atoms with van der Waals surface area (Å²) in [6.45, 7) is 7.24. The summed E-state index contributed by atoms with van der Waals surface area (Å²) in [4.78, 5) is 7.71. The van der Waals surface area contributed by atoms with Gasteiger partial charge in [0.2, 0.25) is 10.1 Å². The minimum atomic E-state index is 0.0492. The van der Waals surface area contributed by atoms with Crippen molar-refractivity contribution in [1.82, 2.24) is 14.6 Å². The molecular formula is C17H23N5S. The van der Waals surface area contributed by atoms with Gasteiger partial charge in [-0.05, 0) is 17.7 Å². The van der Waals surface area contributed by atoms with Gasteiger partial charge in [-0.25, -0.2) is 9.50 Å². The number of fused-ring (bicyclic) bond motifs is 1. The summed E-state index contributed by atoms with van der Waals surface area (Å²) in [5.41, 5.74) is 3.56. The first-order chi connectivity index (χ1) is 10.8. The van der Waals surface area contributed by atoms with Gasteiger partial charge in [0.1, 0.15) is 0 Å². The van der Waals surface area contributed by atoms with Crippen molar-refractivity contribution in [3.05, 3.63) is 41.7 Å². The van der Waals surface area contributed by atoms with Crippen LogP contribution in [0.2, 0.25) is 0 Å². The molecule has 0 amide bonds. The van der Waals surface area contributed by atoms with Crippen LogP contribution in [0.5, 0.6) is 0 Å². The molecule has 0 fully saturated rings. The molecule has 1 aromatic carbocycles. The van der Waals surface area contributed by atoms with Crippen LogP contribution in [0.25, 0.3) is 4.96 Å². The lowest BCUT2D eigenvalue weighted by Crippen LogP contribution is -2.11. The zero-order chi connectivity index (χ0) is 16.6. The van der Waals surface area contributed by atoms with Gasteiger partial charge in [0.15, 0.2) is 0 Å². The maximum absolute atomic E-state index is 4.67. The van der Waals surface area contributed by atoms with Gasteiger partial charge in [0.05, 0.1) is 11.9 Å². The number of nitrogens with one attached hydrogen (secondary N) is 1. The Bertz CT molecular complexity index is 778. The maximum Gasteiger partial charge on any atom is 0.214 e. The highest BCUT2D eigenvalue weighted by atomic mass is 32.1. The number of benzene rings is 1. The molecule has 0 unspecified atom stereocenters. The van der Waals surface area contributed by atoms with E-state index in [4.69, 9.17) is 0 Å². The molecule has 0 aliphatic heterocycles. The number of hydrogen-bond donors (Lipinski definition) is 1. The third-order valence-corrected chi connectivity index (χ3v) is 4.56. The molecule has 6 heteroatoms. The van der Waals surface area contributed by atoms with Gasteiger partial charge in [-0.15, -0.1) is 5.10 Å². The predicted octanol–water partition coefficient (Wildman–Crippen LogP) is 3.77.